The number of aryl methyl sites for hydroxylation is 1. The van der Waals surface area contributed by atoms with Gasteiger partial charge in [0.25, 0.3) is 15.9 Å². The number of fused-ring (bicyclic) bond motifs is 1. The first-order valence-electron chi connectivity index (χ1n) is 9.19. The fraction of sp³-hybridized carbons (Fsp3) is 0.400. The van der Waals surface area contributed by atoms with E-state index in [-0.39, 0.29) is 10.8 Å². The molecule has 150 valence electrons. The molecule has 0 spiro atoms. The summed E-state index contributed by atoms with van der Waals surface area (Å²) in [6.45, 7) is 5.41. The SMILES string of the molecule is Cc1ccc(S(=O)(=O)O)cc1C1(C)Oc2ccc(Cl)c(C3CCNCC3)c2O1. The van der Waals surface area contributed by atoms with Gasteiger partial charge in [-0.1, -0.05) is 17.7 Å². The Kier molecular flexibility index (Phi) is 4.82. The molecule has 2 aromatic rings. The highest BCUT2D eigenvalue weighted by molar-refractivity contribution is 7.85. The highest BCUT2D eigenvalue weighted by atomic mass is 35.5. The van der Waals surface area contributed by atoms with Crippen LogP contribution in [0.5, 0.6) is 11.5 Å². The van der Waals surface area contributed by atoms with Crippen molar-refractivity contribution in [1.29, 1.82) is 0 Å². The molecule has 1 unspecified atom stereocenters. The third-order valence-corrected chi connectivity index (χ3v) is 6.63. The normalized spacial score (nSPS) is 22.4. The van der Waals surface area contributed by atoms with E-state index in [0.29, 0.717) is 22.1 Å². The molecule has 6 nitrogen and oxygen atoms in total. The van der Waals surface area contributed by atoms with E-state index in [4.69, 9.17) is 21.1 Å². The predicted octanol–water partition coefficient (Wildman–Crippen LogP) is 4.01. The molecule has 0 amide bonds. The van der Waals surface area contributed by atoms with Crippen LogP contribution < -0.4 is 14.8 Å². The Labute approximate surface area is 169 Å². The highest BCUT2D eigenvalue weighted by Crippen LogP contribution is 2.51. The number of hydrogen-bond donors (Lipinski definition) is 2. The minimum Gasteiger partial charge on any atom is -0.445 e. The summed E-state index contributed by atoms with van der Waals surface area (Å²) in [6.07, 6.45) is 1.90. The Hall–Kier alpha value is -1.80. The zero-order valence-electron chi connectivity index (χ0n) is 15.7. The fourth-order valence-electron chi connectivity index (χ4n) is 4.02. The summed E-state index contributed by atoms with van der Waals surface area (Å²) in [6, 6.07) is 7.96. The van der Waals surface area contributed by atoms with E-state index in [1.54, 1.807) is 19.1 Å². The summed E-state index contributed by atoms with van der Waals surface area (Å²) in [5.41, 5.74) is 2.26. The number of rotatable bonds is 3. The van der Waals surface area contributed by atoms with Gasteiger partial charge in [-0.15, -0.1) is 0 Å². The van der Waals surface area contributed by atoms with Crippen LogP contribution in [0.25, 0.3) is 0 Å². The molecular formula is C20H22ClNO5S. The molecule has 2 aliphatic rings. The van der Waals surface area contributed by atoms with Gasteiger partial charge in [-0.05, 0) is 68.6 Å². The van der Waals surface area contributed by atoms with E-state index in [2.05, 4.69) is 5.32 Å². The van der Waals surface area contributed by atoms with Gasteiger partial charge in [0, 0.05) is 23.1 Å². The lowest BCUT2D eigenvalue weighted by molar-refractivity contribution is -0.0691. The molecule has 28 heavy (non-hydrogen) atoms. The molecule has 0 aliphatic carbocycles. The second-order valence-electron chi connectivity index (χ2n) is 7.41. The molecule has 1 fully saturated rings. The first kappa shape index (κ1) is 19.5. The topological polar surface area (TPSA) is 84.9 Å². The van der Waals surface area contributed by atoms with E-state index < -0.39 is 15.9 Å². The zero-order valence-corrected chi connectivity index (χ0v) is 17.2. The van der Waals surface area contributed by atoms with Crippen molar-refractivity contribution in [3.63, 3.8) is 0 Å². The number of piperidine rings is 1. The van der Waals surface area contributed by atoms with E-state index in [0.717, 1.165) is 37.1 Å². The third kappa shape index (κ3) is 3.37. The van der Waals surface area contributed by atoms with Crippen LogP contribution in [0.2, 0.25) is 5.02 Å². The minimum absolute atomic E-state index is 0.200. The lowest BCUT2D eigenvalue weighted by atomic mass is 9.89. The van der Waals surface area contributed by atoms with Gasteiger partial charge in [0.2, 0.25) is 0 Å². The quantitative estimate of drug-likeness (QED) is 0.725. The maximum absolute atomic E-state index is 11.6. The Bertz CT molecular complexity index is 1030. The maximum Gasteiger partial charge on any atom is 0.294 e. The highest BCUT2D eigenvalue weighted by Gasteiger charge is 2.43. The number of nitrogens with one attached hydrogen (secondary N) is 1. The van der Waals surface area contributed by atoms with Gasteiger partial charge in [0.05, 0.1) is 4.90 Å². The van der Waals surface area contributed by atoms with Crippen molar-refractivity contribution in [2.24, 2.45) is 0 Å². The summed E-state index contributed by atoms with van der Waals surface area (Å²) in [7, 11) is -4.34. The van der Waals surface area contributed by atoms with Crippen LogP contribution in [0.3, 0.4) is 0 Å². The zero-order chi connectivity index (χ0) is 20.1. The average molecular weight is 424 g/mol. The Morgan fingerprint density at radius 1 is 1.18 bits per heavy atom. The number of hydrogen-bond acceptors (Lipinski definition) is 5. The van der Waals surface area contributed by atoms with Crippen LogP contribution in [-0.4, -0.2) is 26.1 Å². The summed E-state index contributed by atoms with van der Waals surface area (Å²) in [4.78, 5) is -0.200. The van der Waals surface area contributed by atoms with Crippen LogP contribution in [-0.2, 0) is 15.9 Å². The third-order valence-electron chi connectivity index (χ3n) is 5.45. The van der Waals surface area contributed by atoms with E-state index >= 15 is 0 Å². The Balaban J connectivity index is 1.77. The summed E-state index contributed by atoms with van der Waals surface area (Å²) >= 11 is 6.53. The van der Waals surface area contributed by atoms with Crippen molar-refractivity contribution >= 4 is 21.7 Å². The molecule has 0 aromatic heterocycles. The van der Waals surface area contributed by atoms with Gasteiger partial charge >= 0.3 is 0 Å². The summed E-state index contributed by atoms with van der Waals surface area (Å²) < 4.78 is 45.0. The lowest BCUT2D eigenvalue weighted by Crippen LogP contribution is -2.33. The Morgan fingerprint density at radius 3 is 2.57 bits per heavy atom. The van der Waals surface area contributed by atoms with Crippen LogP contribution in [0.1, 0.15) is 42.4 Å². The van der Waals surface area contributed by atoms with E-state index in [9.17, 15) is 13.0 Å². The van der Waals surface area contributed by atoms with E-state index in [1.807, 2.05) is 13.0 Å². The monoisotopic (exact) mass is 423 g/mol. The van der Waals surface area contributed by atoms with Gasteiger partial charge in [0.15, 0.2) is 11.5 Å². The van der Waals surface area contributed by atoms with Gasteiger partial charge in [-0.25, -0.2) is 0 Å². The van der Waals surface area contributed by atoms with Crippen LogP contribution in [0.15, 0.2) is 35.2 Å². The summed E-state index contributed by atoms with van der Waals surface area (Å²) in [5, 5.41) is 3.99. The molecule has 2 heterocycles. The summed E-state index contributed by atoms with van der Waals surface area (Å²) in [5.74, 6) is 0.231. The molecule has 1 saturated heterocycles. The largest absolute Gasteiger partial charge is 0.445 e. The van der Waals surface area contributed by atoms with Crippen molar-refractivity contribution in [3.05, 3.63) is 52.0 Å². The molecule has 1 atom stereocenters. The fourth-order valence-corrected chi connectivity index (χ4v) is 4.83. The minimum atomic E-state index is -4.34. The Morgan fingerprint density at radius 2 is 1.89 bits per heavy atom. The number of halogens is 1. The molecule has 0 radical (unpaired) electrons. The molecule has 0 bridgehead atoms. The predicted molar refractivity (Wildman–Crippen MR) is 106 cm³/mol. The number of benzene rings is 2. The first-order valence-corrected chi connectivity index (χ1v) is 11.0. The second-order valence-corrected chi connectivity index (χ2v) is 9.24. The molecule has 0 saturated carbocycles. The standard InChI is InChI=1S/C20H22ClNO5S/c1-12-3-4-14(28(23,24)25)11-15(12)20(2)26-17-6-5-16(21)18(19(17)27-20)13-7-9-22-10-8-13/h3-6,11,13,22H,7-10H2,1-2H3,(H,23,24,25). The van der Waals surface area contributed by atoms with Crippen LogP contribution in [0.4, 0.5) is 0 Å². The van der Waals surface area contributed by atoms with Crippen molar-refractivity contribution < 1.29 is 22.4 Å². The molecule has 2 aromatic carbocycles. The molecule has 8 heteroatoms. The second kappa shape index (κ2) is 6.91. The van der Waals surface area contributed by atoms with Crippen molar-refractivity contribution in [1.82, 2.24) is 5.32 Å². The van der Waals surface area contributed by atoms with Gasteiger partial charge < -0.3 is 14.8 Å². The van der Waals surface area contributed by atoms with Crippen molar-refractivity contribution in [2.45, 2.75) is 43.3 Å². The average Bonchev–Trinajstić information content (AvgIpc) is 2.99. The molecule has 4 rings (SSSR count). The molecule has 2 N–H and O–H groups in total. The first-order chi connectivity index (χ1) is 13.2. The molecular weight excluding hydrogens is 402 g/mol. The maximum atomic E-state index is 11.6. The van der Waals surface area contributed by atoms with Crippen molar-refractivity contribution in [3.8, 4) is 11.5 Å². The van der Waals surface area contributed by atoms with Crippen LogP contribution in [0, 0.1) is 6.92 Å². The van der Waals surface area contributed by atoms with Gasteiger partial charge in [0.1, 0.15) is 0 Å². The van der Waals surface area contributed by atoms with Gasteiger partial charge in [-0.3, -0.25) is 4.55 Å². The van der Waals surface area contributed by atoms with Crippen LogP contribution >= 0.6 is 11.6 Å². The smallest absolute Gasteiger partial charge is 0.294 e. The van der Waals surface area contributed by atoms with E-state index in [1.165, 1.54) is 12.1 Å². The van der Waals surface area contributed by atoms with Crippen molar-refractivity contribution in [2.75, 3.05) is 13.1 Å². The molecule has 2 aliphatic heterocycles. The lowest BCUT2D eigenvalue weighted by Gasteiger charge is -2.27. The van der Waals surface area contributed by atoms with Gasteiger partial charge in [-0.2, -0.15) is 8.42 Å². The number of ether oxygens (including phenoxy) is 2.